The third-order valence-corrected chi connectivity index (χ3v) is 4.68. The predicted octanol–water partition coefficient (Wildman–Crippen LogP) is 2.31. The number of hydrogen-bond donors (Lipinski definition) is 1. The molecule has 1 amide bonds. The van der Waals surface area contributed by atoms with E-state index in [4.69, 9.17) is 16.0 Å². The minimum absolute atomic E-state index is 0.160. The van der Waals surface area contributed by atoms with Crippen LogP contribution in [0.1, 0.15) is 23.3 Å². The molecule has 21 heavy (non-hydrogen) atoms. The Labute approximate surface area is 127 Å². The van der Waals surface area contributed by atoms with Gasteiger partial charge < -0.3 is 14.6 Å². The Kier molecular flexibility index (Phi) is 3.12. The highest BCUT2D eigenvalue weighted by molar-refractivity contribution is 6.33. The molecule has 0 aliphatic carbocycles. The molecule has 0 aromatic carbocycles. The van der Waals surface area contributed by atoms with Crippen molar-refractivity contribution in [2.75, 3.05) is 19.6 Å². The van der Waals surface area contributed by atoms with Crippen LogP contribution < -0.4 is 5.32 Å². The van der Waals surface area contributed by atoms with Crippen molar-refractivity contribution in [1.82, 2.24) is 15.2 Å². The maximum absolute atomic E-state index is 12.4. The van der Waals surface area contributed by atoms with Gasteiger partial charge in [-0.05, 0) is 37.4 Å². The molecule has 4 rings (SSSR count). The summed E-state index contributed by atoms with van der Waals surface area (Å²) in [6, 6.07) is 3.71. The van der Waals surface area contributed by atoms with E-state index < -0.39 is 0 Å². The number of fused-ring (bicyclic) bond motifs is 3. The van der Waals surface area contributed by atoms with E-state index in [-0.39, 0.29) is 17.1 Å². The van der Waals surface area contributed by atoms with Crippen LogP contribution >= 0.6 is 11.6 Å². The van der Waals surface area contributed by atoms with Crippen molar-refractivity contribution >= 4 is 28.5 Å². The van der Waals surface area contributed by atoms with Gasteiger partial charge in [0.15, 0.2) is 10.7 Å². The van der Waals surface area contributed by atoms with E-state index in [1.54, 1.807) is 18.4 Å². The van der Waals surface area contributed by atoms with E-state index in [9.17, 15) is 4.79 Å². The van der Waals surface area contributed by atoms with E-state index in [0.717, 1.165) is 30.8 Å². The van der Waals surface area contributed by atoms with Crippen LogP contribution in [0, 0.1) is 5.92 Å². The first-order chi connectivity index (χ1) is 10.2. The fraction of sp³-hybridized carbons (Fsp3) is 0.467. The highest BCUT2D eigenvalue weighted by Gasteiger charge is 2.33. The van der Waals surface area contributed by atoms with Gasteiger partial charge in [-0.15, -0.1) is 0 Å². The molecule has 2 unspecified atom stereocenters. The Balaban J connectivity index is 1.53. The molecular weight excluding hydrogens is 290 g/mol. The molecule has 2 aromatic rings. The number of aromatic nitrogens is 1. The first kappa shape index (κ1) is 13.1. The lowest BCUT2D eigenvalue weighted by Gasteiger charge is -2.30. The smallest absolute Gasteiger partial charge is 0.270 e. The number of nitrogens with one attached hydrogen (secondary N) is 1. The Bertz CT molecular complexity index is 687. The fourth-order valence-corrected chi connectivity index (χ4v) is 3.72. The second-order valence-electron chi connectivity index (χ2n) is 5.96. The number of furan rings is 1. The van der Waals surface area contributed by atoms with Crippen LogP contribution in [0.3, 0.4) is 0 Å². The molecule has 2 bridgehead atoms. The average molecular weight is 306 g/mol. The lowest BCUT2D eigenvalue weighted by atomic mass is 9.97. The number of nitrogens with zero attached hydrogens (tertiary/aromatic N) is 2. The number of piperidine rings is 1. The van der Waals surface area contributed by atoms with Gasteiger partial charge in [-0.1, -0.05) is 11.6 Å². The maximum Gasteiger partial charge on any atom is 0.270 e. The van der Waals surface area contributed by atoms with Gasteiger partial charge in [-0.25, -0.2) is 4.98 Å². The minimum Gasteiger partial charge on any atom is -0.461 e. The average Bonchev–Trinajstić information content (AvgIpc) is 3.05. The highest BCUT2D eigenvalue weighted by atomic mass is 35.5. The van der Waals surface area contributed by atoms with Gasteiger partial charge in [0.05, 0.1) is 6.26 Å². The van der Waals surface area contributed by atoms with Crippen LogP contribution in [0.15, 0.2) is 22.8 Å². The molecule has 1 N–H and O–H groups in total. The van der Waals surface area contributed by atoms with Gasteiger partial charge >= 0.3 is 0 Å². The minimum atomic E-state index is -0.160. The van der Waals surface area contributed by atoms with E-state index in [2.05, 4.69) is 15.2 Å². The molecular formula is C15H16ClN3O2. The molecule has 2 aliphatic rings. The summed E-state index contributed by atoms with van der Waals surface area (Å²) in [5.41, 5.74) is 0.872. The molecule has 2 aliphatic heterocycles. The van der Waals surface area contributed by atoms with Gasteiger partial charge in [-0.3, -0.25) is 4.79 Å². The van der Waals surface area contributed by atoms with Crippen LogP contribution in [-0.2, 0) is 0 Å². The number of rotatable bonds is 2. The van der Waals surface area contributed by atoms with Gasteiger partial charge in [0, 0.05) is 24.5 Å². The van der Waals surface area contributed by atoms with Crippen LogP contribution in [-0.4, -0.2) is 41.5 Å². The third kappa shape index (κ3) is 2.40. The van der Waals surface area contributed by atoms with Gasteiger partial charge in [0.2, 0.25) is 0 Å². The Hall–Kier alpha value is -1.59. The number of amides is 1. The maximum atomic E-state index is 12.4. The van der Waals surface area contributed by atoms with Crippen molar-refractivity contribution in [1.29, 1.82) is 0 Å². The summed E-state index contributed by atoms with van der Waals surface area (Å²) in [6.07, 6.45) is 3.85. The molecule has 2 saturated heterocycles. The normalized spacial score (nSPS) is 28.0. The quantitative estimate of drug-likeness (QED) is 0.865. The molecule has 4 heterocycles. The summed E-state index contributed by atoms with van der Waals surface area (Å²) in [7, 11) is 0. The van der Waals surface area contributed by atoms with Crippen molar-refractivity contribution in [3.8, 4) is 0 Å². The topological polar surface area (TPSA) is 58.4 Å². The fourth-order valence-electron chi connectivity index (χ4n) is 3.48. The Morgan fingerprint density at radius 2 is 2.38 bits per heavy atom. The van der Waals surface area contributed by atoms with Crippen LogP contribution in [0.4, 0.5) is 0 Å². The van der Waals surface area contributed by atoms with E-state index in [0.29, 0.717) is 11.3 Å². The van der Waals surface area contributed by atoms with E-state index in [1.165, 1.54) is 13.0 Å². The van der Waals surface area contributed by atoms with Crippen LogP contribution in [0.25, 0.3) is 11.0 Å². The second-order valence-corrected chi connectivity index (χ2v) is 6.32. The molecule has 2 aromatic heterocycles. The number of pyridine rings is 1. The van der Waals surface area contributed by atoms with Crippen molar-refractivity contribution in [2.45, 2.75) is 18.9 Å². The van der Waals surface area contributed by atoms with Crippen molar-refractivity contribution < 1.29 is 9.21 Å². The molecule has 5 nitrogen and oxygen atoms in total. The summed E-state index contributed by atoms with van der Waals surface area (Å²) in [5, 5.41) is 4.12. The largest absolute Gasteiger partial charge is 0.461 e. The Morgan fingerprint density at radius 3 is 3.24 bits per heavy atom. The first-order valence-corrected chi connectivity index (χ1v) is 7.64. The molecule has 0 radical (unpaired) electrons. The first-order valence-electron chi connectivity index (χ1n) is 7.26. The molecule has 3 atom stereocenters. The summed E-state index contributed by atoms with van der Waals surface area (Å²) in [5.74, 6) is 0.560. The monoisotopic (exact) mass is 305 g/mol. The van der Waals surface area contributed by atoms with Crippen LogP contribution in [0.2, 0.25) is 5.15 Å². The lowest BCUT2D eigenvalue weighted by molar-refractivity contribution is 0.0904. The summed E-state index contributed by atoms with van der Waals surface area (Å²) in [6.45, 7) is 3.27. The van der Waals surface area contributed by atoms with Crippen molar-refractivity contribution in [3.63, 3.8) is 0 Å². The van der Waals surface area contributed by atoms with E-state index in [1.807, 2.05) is 0 Å². The zero-order chi connectivity index (χ0) is 14.4. The van der Waals surface area contributed by atoms with Crippen molar-refractivity contribution in [3.05, 3.63) is 29.2 Å². The molecule has 6 heteroatoms. The van der Waals surface area contributed by atoms with Crippen molar-refractivity contribution in [2.24, 2.45) is 5.92 Å². The lowest BCUT2D eigenvalue weighted by Crippen LogP contribution is -2.47. The zero-order valence-corrected chi connectivity index (χ0v) is 12.3. The SMILES string of the molecule is O=C(N[C@@H]1CC2CCN(C2)C1)c1cc2ccoc2c(Cl)n1. The molecule has 110 valence electrons. The van der Waals surface area contributed by atoms with Crippen LogP contribution in [0.5, 0.6) is 0 Å². The number of hydrogen-bond acceptors (Lipinski definition) is 4. The number of carbonyl (C=O) groups is 1. The number of carbonyl (C=O) groups excluding carboxylic acids is 1. The zero-order valence-electron chi connectivity index (χ0n) is 11.5. The predicted molar refractivity (Wildman–Crippen MR) is 79.4 cm³/mol. The number of halogens is 1. The Morgan fingerprint density at radius 1 is 1.48 bits per heavy atom. The molecule has 0 saturated carbocycles. The second kappa shape index (κ2) is 5.00. The standard InChI is InChI=1S/C15H16ClN3O2/c16-14-13-10(2-4-21-13)6-12(18-14)15(20)17-11-5-9-1-3-19(7-9)8-11/h2,4,6,9,11H,1,3,5,7-8H2,(H,17,20)/t9?,11-/m1/s1. The summed E-state index contributed by atoms with van der Waals surface area (Å²) >= 11 is 6.05. The third-order valence-electron chi connectivity index (χ3n) is 4.43. The van der Waals surface area contributed by atoms with Gasteiger partial charge in [0.25, 0.3) is 5.91 Å². The van der Waals surface area contributed by atoms with Gasteiger partial charge in [-0.2, -0.15) is 0 Å². The highest BCUT2D eigenvalue weighted by Crippen LogP contribution is 2.27. The molecule has 0 spiro atoms. The molecule has 2 fully saturated rings. The van der Waals surface area contributed by atoms with E-state index >= 15 is 0 Å². The van der Waals surface area contributed by atoms with Gasteiger partial charge in [0.1, 0.15) is 5.69 Å². The summed E-state index contributed by atoms with van der Waals surface area (Å²) in [4.78, 5) is 18.9. The summed E-state index contributed by atoms with van der Waals surface area (Å²) < 4.78 is 5.24.